The summed E-state index contributed by atoms with van der Waals surface area (Å²) in [5.41, 5.74) is 5.58. The molecule has 5 heterocycles. The molecule has 0 spiro atoms. The largest absolute Gasteiger partial charge is 0.507 e. The molecular formula is C27H29N7O2. The number of hydrogen-bond acceptors (Lipinski definition) is 8. The summed E-state index contributed by atoms with van der Waals surface area (Å²) in [6.07, 6.45) is 7.81. The molecule has 1 atom stereocenters. The van der Waals surface area contributed by atoms with Gasteiger partial charge in [0.05, 0.1) is 18.3 Å². The fraction of sp³-hybridized carbons (Fsp3) is 0.370. The molecule has 4 aromatic rings. The third kappa shape index (κ3) is 3.99. The van der Waals surface area contributed by atoms with Gasteiger partial charge in [-0.2, -0.15) is 0 Å². The second-order valence-electron chi connectivity index (χ2n) is 9.70. The highest BCUT2D eigenvalue weighted by Crippen LogP contribution is 2.38. The zero-order valence-corrected chi connectivity index (χ0v) is 20.3. The third-order valence-electron chi connectivity index (χ3n) is 7.65. The Hall–Kier alpha value is -3.85. The van der Waals surface area contributed by atoms with Gasteiger partial charge in [0.25, 0.3) is 0 Å². The highest BCUT2D eigenvalue weighted by atomic mass is 16.3. The number of H-pyrrole nitrogens is 1. The van der Waals surface area contributed by atoms with Crippen molar-refractivity contribution >= 4 is 23.3 Å². The van der Waals surface area contributed by atoms with Crippen LogP contribution in [0.25, 0.3) is 22.3 Å². The van der Waals surface area contributed by atoms with Gasteiger partial charge in [0.2, 0.25) is 5.95 Å². The minimum atomic E-state index is 0.0568. The molecule has 0 saturated carbocycles. The number of phenols is 1. The quantitative estimate of drug-likeness (QED) is 0.414. The van der Waals surface area contributed by atoms with Crippen molar-refractivity contribution in [2.75, 3.05) is 31.1 Å². The van der Waals surface area contributed by atoms with Crippen LogP contribution in [0.5, 0.6) is 5.75 Å². The van der Waals surface area contributed by atoms with Crippen LogP contribution in [0.4, 0.5) is 5.95 Å². The van der Waals surface area contributed by atoms with Crippen molar-refractivity contribution in [2.45, 2.75) is 38.1 Å². The number of aromatic nitrogens is 5. The number of rotatable bonds is 5. The fourth-order valence-electron chi connectivity index (χ4n) is 5.66. The molecule has 184 valence electrons. The van der Waals surface area contributed by atoms with E-state index in [0.717, 1.165) is 67.9 Å². The number of carbonyl (C=O) groups is 1. The Labute approximate surface area is 209 Å². The lowest BCUT2D eigenvalue weighted by molar-refractivity contribution is -0.109. The number of anilines is 1. The van der Waals surface area contributed by atoms with Crippen LogP contribution in [0.1, 0.15) is 48.5 Å². The lowest BCUT2D eigenvalue weighted by atomic mass is 9.91. The van der Waals surface area contributed by atoms with E-state index in [1.54, 1.807) is 12.1 Å². The maximum absolute atomic E-state index is 10.8. The van der Waals surface area contributed by atoms with Crippen LogP contribution in [0, 0.1) is 0 Å². The van der Waals surface area contributed by atoms with Gasteiger partial charge in [-0.3, -0.25) is 4.90 Å². The first kappa shape index (κ1) is 22.6. The molecule has 0 bridgehead atoms. The smallest absolute Gasteiger partial charge is 0.225 e. The summed E-state index contributed by atoms with van der Waals surface area (Å²) in [6, 6.07) is 9.25. The van der Waals surface area contributed by atoms with Crippen LogP contribution in [-0.4, -0.2) is 67.6 Å². The molecule has 9 heteroatoms. The summed E-state index contributed by atoms with van der Waals surface area (Å²) >= 11 is 0. The normalized spacial score (nSPS) is 18.9. The number of carbonyl (C=O) groups excluding carboxylic acids is 1. The molecule has 0 aliphatic carbocycles. The van der Waals surface area contributed by atoms with E-state index in [0.29, 0.717) is 23.7 Å². The van der Waals surface area contributed by atoms with E-state index in [1.165, 1.54) is 11.1 Å². The number of fused-ring (bicyclic) bond motifs is 3. The second-order valence-corrected chi connectivity index (χ2v) is 9.70. The summed E-state index contributed by atoms with van der Waals surface area (Å²) in [5.74, 6) is 1.35. The van der Waals surface area contributed by atoms with Gasteiger partial charge in [-0.15, -0.1) is 10.2 Å². The lowest BCUT2D eigenvalue weighted by Gasteiger charge is -2.34. The second kappa shape index (κ2) is 9.31. The molecule has 2 N–H and O–H groups in total. The molecule has 1 fully saturated rings. The summed E-state index contributed by atoms with van der Waals surface area (Å²) in [7, 11) is 0. The molecule has 1 unspecified atom stereocenters. The monoisotopic (exact) mass is 483 g/mol. The Bertz CT molecular complexity index is 1390. The predicted molar refractivity (Wildman–Crippen MR) is 137 cm³/mol. The maximum Gasteiger partial charge on any atom is 0.225 e. The molecule has 6 rings (SSSR count). The first-order valence-corrected chi connectivity index (χ1v) is 12.5. The average molecular weight is 484 g/mol. The van der Waals surface area contributed by atoms with Crippen molar-refractivity contribution in [1.82, 2.24) is 30.0 Å². The van der Waals surface area contributed by atoms with E-state index in [2.05, 4.69) is 31.9 Å². The van der Waals surface area contributed by atoms with Crippen molar-refractivity contribution in [3.63, 3.8) is 0 Å². The fourth-order valence-corrected chi connectivity index (χ4v) is 5.66. The van der Waals surface area contributed by atoms with E-state index in [4.69, 9.17) is 9.97 Å². The molecule has 36 heavy (non-hydrogen) atoms. The zero-order chi connectivity index (χ0) is 24.6. The van der Waals surface area contributed by atoms with E-state index in [1.807, 2.05) is 30.6 Å². The summed E-state index contributed by atoms with van der Waals surface area (Å²) in [6.45, 7) is 5.37. The summed E-state index contributed by atoms with van der Waals surface area (Å²) in [4.78, 5) is 28.2. The van der Waals surface area contributed by atoms with Crippen molar-refractivity contribution in [2.24, 2.45) is 0 Å². The van der Waals surface area contributed by atoms with Crippen molar-refractivity contribution < 1.29 is 9.90 Å². The minimum Gasteiger partial charge on any atom is -0.507 e. The number of para-hydroxylation sites is 1. The van der Waals surface area contributed by atoms with Gasteiger partial charge in [-0.05, 0) is 62.5 Å². The number of nitrogens with zero attached hydrogens (tertiary/aromatic N) is 6. The zero-order valence-electron chi connectivity index (χ0n) is 20.3. The van der Waals surface area contributed by atoms with E-state index >= 15 is 0 Å². The molecule has 3 aromatic heterocycles. The van der Waals surface area contributed by atoms with Crippen LogP contribution in [-0.2, 0) is 11.2 Å². The van der Waals surface area contributed by atoms with Crippen molar-refractivity contribution in [1.29, 1.82) is 0 Å². The van der Waals surface area contributed by atoms with Gasteiger partial charge in [-0.1, -0.05) is 12.1 Å². The molecule has 1 aromatic carbocycles. The number of phenolic OH excluding ortho intramolecular Hbond substituents is 1. The molecular weight excluding hydrogens is 454 g/mol. The Morgan fingerprint density at radius 1 is 1.11 bits per heavy atom. The van der Waals surface area contributed by atoms with Crippen molar-refractivity contribution in [3.8, 4) is 17.0 Å². The Morgan fingerprint density at radius 3 is 2.64 bits per heavy atom. The Morgan fingerprint density at radius 2 is 1.89 bits per heavy atom. The number of nitrogens with one attached hydrogen (secondary N) is 1. The van der Waals surface area contributed by atoms with Gasteiger partial charge >= 0.3 is 0 Å². The number of aromatic amines is 1. The van der Waals surface area contributed by atoms with Crippen LogP contribution in [0.3, 0.4) is 0 Å². The number of piperidine rings is 1. The standard InChI is InChI=1S/C27H29N7O2/c1-17-25-21-14-23(20-4-2-3-5-24(20)36)31-32-26(21)30-22(25)8-11-34(17)27-28-15-19(16-29-27)18-6-9-33(10-7-18)12-13-35/h2-5,13-18,36H,6-12H2,1H3,(H,30,32). The molecule has 2 aliphatic heterocycles. The van der Waals surface area contributed by atoms with E-state index in [9.17, 15) is 9.90 Å². The Balaban J connectivity index is 1.25. The molecule has 0 radical (unpaired) electrons. The minimum absolute atomic E-state index is 0.0568. The number of aromatic hydroxyl groups is 1. The van der Waals surface area contributed by atoms with Crippen LogP contribution in [0.15, 0.2) is 42.7 Å². The van der Waals surface area contributed by atoms with Gasteiger partial charge in [0.1, 0.15) is 12.0 Å². The third-order valence-corrected chi connectivity index (χ3v) is 7.65. The highest BCUT2D eigenvalue weighted by molar-refractivity contribution is 5.86. The summed E-state index contributed by atoms with van der Waals surface area (Å²) < 4.78 is 0. The molecule has 2 aliphatic rings. The Kier molecular flexibility index (Phi) is 5.85. The first-order valence-electron chi connectivity index (χ1n) is 12.5. The number of aldehydes is 1. The van der Waals surface area contributed by atoms with Gasteiger partial charge in [-0.25, -0.2) is 9.97 Å². The topological polar surface area (TPSA) is 111 Å². The molecule has 1 saturated heterocycles. The van der Waals surface area contributed by atoms with E-state index < -0.39 is 0 Å². The number of likely N-dealkylation sites (tertiary alicyclic amines) is 1. The van der Waals surface area contributed by atoms with E-state index in [-0.39, 0.29) is 11.8 Å². The molecule has 9 nitrogen and oxygen atoms in total. The van der Waals surface area contributed by atoms with Crippen molar-refractivity contribution in [3.05, 3.63) is 59.5 Å². The van der Waals surface area contributed by atoms with Crippen LogP contribution in [0.2, 0.25) is 0 Å². The van der Waals surface area contributed by atoms with Gasteiger partial charge in [0, 0.05) is 47.6 Å². The number of benzene rings is 1. The lowest BCUT2D eigenvalue weighted by Crippen LogP contribution is -2.35. The number of hydrogen-bond donors (Lipinski definition) is 2. The highest BCUT2D eigenvalue weighted by Gasteiger charge is 2.30. The first-order chi connectivity index (χ1) is 17.6. The summed E-state index contributed by atoms with van der Waals surface area (Å²) in [5, 5.41) is 20.1. The SMILES string of the molecule is CC1c2c([nH]c3nnc(-c4ccccc4O)cc23)CCN1c1ncc(C2CCN(CC=O)CC2)cn1. The maximum atomic E-state index is 10.8. The van der Waals surface area contributed by atoms with Crippen LogP contribution < -0.4 is 4.90 Å². The van der Waals surface area contributed by atoms with Gasteiger partial charge in [0.15, 0.2) is 5.65 Å². The molecule has 0 amide bonds. The average Bonchev–Trinajstić information content (AvgIpc) is 3.29. The van der Waals surface area contributed by atoms with Crippen LogP contribution >= 0.6 is 0 Å². The van der Waals surface area contributed by atoms with Gasteiger partial charge < -0.3 is 19.8 Å². The predicted octanol–water partition coefficient (Wildman–Crippen LogP) is 3.62.